The van der Waals surface area contributed by atoms with E-state index in [0.717, 1.165) is 0 Å². The average molecular weight is 188 g/mol. The van der Waals surface area contributed by atoms with Crippen molar-refractivity contribution in [3.8, 4) is 0 Å². The fourth-order valence-electron chi connectivity index (χ4n) is 0.945. The van der Waals surface area contributed by atoms with Crippen LogP contribution in [0.3, 0.4) is 0 Å². The van der Waals surface area contributed by atoms with E-state index in [2.05, 4.69) is 4.74 Å². The Balaban J connectivity index is 3.88. The van der Waals surface area contributed by atoms with Gasteiger partial charge in [-0.15, -0.1) is 0 Å². The summed E-state index contributed by atoms with van der Waals surface area (Å²) in [5.41, 5.74) is -0.597. The van der Waals surface area contributed by atoms with Crippen molar-refractivity contribution in [2.24, 2.45) is 0 Å². The lowest BCUT2D eigenvalue weighted by molar-refractivity contribution is -0.156. The van der Waals surface area contributed by atoms with Crippen molar-refractivity contribution in [3.05, 3.63) is 0 Å². The van der Waals surface area contributed by atoms with Crippen molar-refractivity contribution in [2.45, 2.75) is 39.2 Å². The zero-order chi connectivity index (χ0) is 10.5. The molecule has 0 aliphatic rings. The molecule has 0 amide bonds. The second kappa shape index (κ2) is 4.84. The zero-order valence-electron chi connectivity index (χ0n) is 8.55. The van der Waals surface area contributed by atoms with Gasteiger partial charge in [-0.25, -0.2) is 0 Å². The Kier molecular flexibility index (Phi) is 4.45. The Bertz CT molecular complexity index is 196. The van der Waals surface area contributed by atoms with Crippen LogP contribution < -0.4 is 0 Å². The van der Waals surface area contributed by atoms with Gasteiger partial charge in [-0.2, -0.15) is 0 Å². The van der Waals surface area contributed by atoms with Crippen LogP contribution in [0.5, 0.6) is 0 Å². The van der Waals surface area contributed by atoms with E-state index in [9.17, 15) is 9.59 Å². The van der Waals surface area contributed by atoms with Crippen molar-refractivity contribution in [2.75, 3.05) is 7.11 Å². The van der Waals surface area contributed by atoms with Gasteiger partial charge in [0, 0.05) is 13.3 Å². The minimum absolute atomic E-state index is 0.261. The molecule has 0 aliphatic heterocycles. The quantitative estimate of drug-likeness (QED) is 0.623. The van der Waals surface area contributed by atoms with Crippen LogP contribution in [0.25, 0.3) is 0 Å². The highest BCUT2D eigenvalue weighted by molar-refractivity contribution is 5.69. The van der Waals surface area contributed by atoms with E-state index in [0.29, 0.717) is 6.42 Å². The predicted molar refractivity (Wildman–Crippen MR) is 47.1 cm³/mol. The number of hydrogen-bond donors (Lipinski definition) is 0. The molecular formula is C9H16O4. The van der Waals surface area contributed by atoms with Crippen LogP contribution in [-0.2, 0) is 19.1 Å². The van der Waals surface area contributed by atoms with E-state index in [1.165, 1.54) is 14.0 Å². The van der Waals surface area contributed by atoms with Crippen molar-refractivity contribution >= 4 is 11.9 Å². The largest absolute Gasteiger partial charge is 0.469 e. The maximum Gasteiger partial charge on any atom is 0.305 e. The molecule has 0 unspecified atom stereocenters. The molecule has 0 aliphatic carbocycles. The van der Waals surface area contributed by atoms with Crippen LogP contribution in [0, 0.1) is 0 Å². The van der Waals surface area contributed by atoms with Crippen LogP contribution in [0.15, 0.2) is 0 Å². The van der Waals surface area contributed by atoms with E-state index >= 15 is 0 Å². The fourth-order valence-corrected chi connectivity index (χ4v) is 0.945. The summed E-state index contributed by atoms with van der Waals surface area (Å²) in [7, 11) is 1.33. The molecule has 0 spiro atoms. The van der Waals surface area contributed by atoms with Crippen LogP contribution in [-0.4, -0.2) is 24.6 Å². The normalized spacial score (nSPS) is 10.8. The number of rotatable bonds is 4. The van der Waals surface area contributed by atoms with Gasteiger partial charge < -0.3 is 9.47 Å². The first kappa shape index (κ1) is 11.9. The van der Waals surface area contributed by atoms with E-state index in [-0.39, 0.29) is 18.4 Å². The topological polar surface area (TPSA) is 52.6 Å². The second-order valence-electron chi connectivity index (χ2n) is 3.43. The SMILES string of the molecule is COC(=O)CCC(C)(C)OC(C)=O. The number of carbonyl (C=O) groups is 2. The van der Waals surface area contributed by atoms with Gasteiger partial charge in [0.2, 0.25) is 0 Å². The number of hydrogen-bond acceptors (Lipinski definition) is 4. The summed E-state index contributed by atoms with van der Waals surface area (Å²) < 4.78 is 9.46. The standard InChI is InChI=1S/C9H16O4/c1-7(10)13-9(2,3)6-5-8(11)12-4/h5-6H2,1-4H3. The molecule has 0 heterocycles. The Morgan fingerprint density at radius 2 is 1.85 bits per heavy atom. The summed E-state index contributed by atoms with van der Waals surface area (Å²) in [4.78, 5) is 21.4. The molecule has 76 valence electrons. The molecule has 4 nitrogen and oxygen atoms in total. The van der Waals surface area contributed by atoms with Crippen molar-refractivity contribution in [1.82, 2.24) is 0 Å². The number of carbonyl (C=O) groups excluding carboxylic acids is 2. The molecule has 4 heteroatoms. The molecule has 0 aromatic heterocycles. The monoisotopic (exact) mass is 188 g/mol. The third kappa shape index (κ3) is 6.13. The molecule has 0 rings (SSSR count). The minimum Gasteiger partial charge on any atom is -0.469 e. The Hall–Kier alpha value is -1.06. The lowest BCUT2D eigenvalue weighted by Crippen LogP contribution is -2.27. The summed E-state index contributed by atoms with van der Waals surface area (Å²) >= 11 is 0. The molecule has 0 bridgehead atoms. The van der Waals surface area contributed by atoms with Gasteiger partial charge in [0.25, 0.3) is 0 Å². The Morgan fingerprint density at radius 1 is 1.31 bits per heavy atom. The Labute approximate surface area is 78.2 Å². The molecule has 0 radical (unpaired) electrons. The number of ether oxygens (including phenoxy) is 2. The summed E-state index contributed by atoms with van der Waals surface area (Å²) in [5, 5.41) is 0. The zero-order valence-corrected chi connectivity index (χ0v) is 8.55. The minimum atomic E-state index is -0.597. The van der Waals surface area contributed by atoms with Gasteiger partial charge in [-0.05, 0) is 20.3 Å². The first-order chi connectivity index (χ1) is 5.87. The van der Waals surface area contributed by atoms with Crippen molar-refractivity contribution in [3.63, 3.8) is 0 Å². The fraction of sp³-hybridized carbons (Fsp3) is 0.778. The van der Waals surface area contributed by atoms with Gasteiger partial charge in [-0.1, -0.05) is 0 Å². The molecule has 0 aromatic carbocycles. The number of methoxy groups -OCH3 is 1. The van der Waals surface area contributed by atoms with Gasteiger partial charge >= 0.3 is 11.9 Å². The Morgan fingerprint density at radius 3 is 2.23 bits per heavy atom. The van der Waals surface area contributed by atoms with Gasteiger partial charge in [0.15, 0.2) is 0 Å². The summed E-state index contributed by atoms with van der Waals surface area (Å²) in [5.74, 6) is -0.630. The maximum absolute atomic E-state index is 10.8. The van der Waals surface area contributed by atoms with Crippen LogP contribution in [0.2, 0.25) is 0 Å². The van der Waals surface area contributed by atoms with E-state index in [1.807, 2.05) is 0 Å². The molecule has 0 atom stereocenters. The highest BCUT2D eigenvalue weighted by Gasteiger charge is 2.22. The summed E-state index contributed by atoms with van der Waals surface area (Å²) in [6.07, 6.45) is 0.732. The first-order valence-corrected chi connectivity index (χ1v) is 4.14. The van der Waals surface area contributed by atoms with Crippen molar-refractivity contribution < 1.29 is 19.1 Å². The number of esters is 2. The van der Waals surface area contributed by atoms with Crippen LogP contribution in [0.1, 0.15) is 33.6 Å². The van der Waals surface area contributed by atoms with Gasteiger partial charge in [0.1, 0.15) is 5.60 Å². The molecule has 0 saturated heterocycles. The van der Waals surface area contributed by atoms with Gasteiger partial charge in [-0.3, -0.25) is 9.59 Å². The third-order valence-corrected chi connectivity index (χ3v) is 1.58. The van der Waals surface area contributed by atoms with Crippen LogP contribution >= 0.6 is 0 Å². The third-order valence-electron chi connectivity index (χ3n) is 1.58. The first-order valence-electron chi connectivity index (χ1n) is 4.14. The predicted octanol–water partition coefficient (Wildman–Crippen LogP) is 1.28. The lowest BCUT2D eigenvalue weighted by atomic mass is 10.0. The highest BCUT2D eigenvalue weighted by Crippen LogP contribution is 2.16. The molecule has 0 fully saturated rings. The van der Waals surface area contributed by atoms with Crippen LogP contribution in [0.4, 0.5) is 0 Å². The molecular weight excluding hydrogens is 172 g/mol. The van der Waals surface area contributed by atoms with E-state index in [1.54, 1.807) is 13.8 Å². The lowest BCUT2D eigenvalue weighted by Gasteiger charge is -2.23. The highest BCUT2D eigenvalue weighted by atomic mass is 16.6. The van der Waals surface area contributed by atoms with Gasteiger partial charge in [0.05, 0.1) is 7.11 Å². The smallest absolute Gasteiger partial charge is 0.305 e. The second-order valence-corrected chi connectivity index (χ2v) is 3.43. The molecule has 0 N–H and O–H groups in total. The molecule has 0 saturated carbocycles. The van der Waals surface area contributed by atoms with Crippen molar-refractivity contribution in [1.29, 1.82) is 0 Å². The summed E-state index contributed by atoms with van der Waals surface area (Å²) in [6.45, 7) is 4.87. The average Bonchev–Trinajstić information content (AvgIpc) is 1.98. The molecule has 0 aromatic rings. The maximum atomic E-state index is 10.8. The van der Waals surface area contributed by atoms with E-state index < -0.39 is 5.60 Å². The summed E-state index contributed by atoms with van der Waals surface area (Å²) in [6, 6.07) is 0. The molecule has 13 heavy (non-hydrogen) atoms. The van der Waals surface area contributed by atoms with E-state index in [4.69, 9.17) is 4.74 Å².